The molecule has 0 fully saturated rings. The number of aryl methyl sites for hydroxylation is 2. The molecule has 3 nitrogen and oxygen atoms in total. The maximum Gasteiger partial charge on any atom is 0.0725 e. The van der Waals surface area contributed by atoms with E-state index in [0.717, 1.165) is 18.5 Å². The third-order valence-electron chi connectivity index (χ3n) is 2.52. The molecule has 0 bridgehead atoms. The van der Waals surface area contributed by atoms with E-state index >= 15 is 0 Å². The van der Waals surface area contributed by atoms with Crippen LogP contribution in [-0.2, 0) is 19.4 Å². The summed E-state index contributed by atoms with van der Waals surface area (Å²) in [6.45, 7) is 0.500. The van der Waals surface area contributed by atoms with Crippen LogP contribution in [0.3, 0.4) is 0 Å². The number of fused-ring (bicyclic) bond motifs is 1. The minimum atomic E-state index is 0.500. The Morgan fingerprint density at radius 3 is 2.69 bits per heavy atom. The second-order valence-corrected chi connectivity index (χ2v) is 3.52. The zero-order chi connectivity index (χ0) is 9.10. The first-order chi connectivity index (χ1) is 6.40. The molecule has 0 amide bonds. The number of nitrogens with zero attached hydrogens (tertiary/aromatic N) is 2. The van der Waals surface area contributed by atoms with E-state index in [4.69, 9.17) is 5.73 Å². The van der Waals surface area contributed by atoms with Crippen LogP contribution in [0, 0.1) is 0 Å². The Labute approximate surface area is 78.4 Å². The zero-order valence-electron chi connectivity index (χ0n) is 7.79. The molecule has 0 aromatic carbocycles. The molecule has 0 aliphatic heterocycles. The number of hydrogen-bond acceptors (Lipinski definition) is 3. The lowest BCUT2D eigenvalue weighted by Gasteiger charge is -2.04. The summed E-state index contributed by atoms with van der Waals surface area (Å²) >= 11 is 0. The van der Waals surface area contributed by atoms with Crippen molar-refractivity contribution in [2.75, 3.05) is 0 Å². The number of rotatable bonds is 1. The van der Waals surface area contributed by atoms with E-state index in [-0.39, 0.29) is 0 Å². The van der Waals surface area contributed by atoms with Crippen molar-refractivity contribution in [3.05, 3.63) is 23.3 Å². The van der Waals surface area contributed by atoms with E-state index in [0.29, 0.717) is 6.54 Å². The van der Waals surface area contributed by atoms with Gasteiger partial charge in [0.15, 0.2) is 0 Å². The van der Waals surface area contributed by atoms with Gasteiger partial charge in [-0.25, -0.2) is 0 Å². The van der Waals surface area contributed by atoms with E-state index in [2.05, 4.69) is 9.97 Å². The van der Waals surface area contributed by atoms with Gasteiger partial charge in [-0.2, -0.15) is 0 Å². The number of nitrogens with two attached hydrogens (primary N) is 1. The fraction of sp³-hybridized carbons (Fsp3) is 0.600. The Morgan fingerprint density at radius 1 is 1.15 bits per heavy atom. The summed E-state index contributed by atoms with van der Waals surface area (Å²) in [5.74, 6) is 0. The molecule has 0 spiro atoms. The molecule has 0 unspecified atom stereocenters. The van der Waals surface area contributed by atoms with Crippen LogP contribution in [-0.4, -0.2) is 9.97 Å². The van der Waals surface area contributed by atoms with Crippen LogP contribution in [0.4, 0.5) is 0 Å². The van der Waals surface area contributed by atoms with Crippen molar-refractivity contribution >= 4 is 0 Å². The average molecular weight is 177 g/mol. The van der Waals surface area contributed by atoms with Crippen molar-refractivity contribution < 1.29 is 0 Å². The standard InChI is InChI=1S/C10H15N3/c11-6-8-7-12-9-4-2-1-3-5-10(9)13-8/h7H,1-6,11H2. The highest BCUT2D eigenvalue weighted by Crippen LogP contribution is 2.16. The minimum Gasteiger partial charge on any atom is -0.325 e. The Hall–Kier alpha value is -0.960. The van der Waals surface area contributed by atoms with Gasteiger partial charge in [-0.3, -0.25) is 9.97 Å². The highest BCUT2D eigenvalue weighted by molar-refractivity contribution is 5.15. The molecule has 13 heavy (non-hydrogen) atoms. The lowest BCUT2D eigenvalue weighted by atomic mass is 10.2. The largest absolute Gasteiger partial charge is 0.325 e. The molecule has 1 aromatic heterocycles. The monoisotopic (exact) mass is 177 g/mol. The van der Waals surface area contributed by atoms with Crippen LogP contribution in [0.15, 0.2) is 6.20 Å². The van der Waals surface area contributed by atoms with Crippen LogP contribution in [0.1, 0.15) is 36.3 Å². The third kappa shape index (κ3) is 1.86. The number of hydrogen-bond donors (Lipinski definition) is 1. The lowest BCUT2D eigenvalue weighted by molar-refractivity contribution is 0.706. The van der Waals surface area contributed by atoms with Crippen molar-refractivity contribution in [3.8, 4) is 0 Å². The molecule has 70 valence electrons. The molecule has 1 aliphatic carbocycles. The molecule has 1 aromatic rings. The summed E-state index contributed by atoms with van der Waals surface area (Å²) in [4.78, 5) is 8.91. The van der Waals surface area contributed by atoms with Gasteiger partial charge in [0.25, 0.3) is 0 Å². The second-order valence-electron chi connectivity index (χ2n) is 3.52. The van der Waals surface area contributed by atoms with E-state index in [1.165, 1.54) is 30.7 Å². The molecule has 0 radical (unpaired) electrons. The normalized spacial score (nSPS) is 16.4. The van der Waals surface area contributed by atoms with Crippen LogP contribution < -0.4 is 5.73 Å². The van der Waals surface area contributed by atoms with Gasteiger partial charge in [0.1, 0.15) is 0 Å². The maximum atomic E-state index is 5.52. The molecular formula is C10H15N3. The molecule has 1 aliphatic rings. The van der Waals surface area contributed by atoms with E-state index in [1.807, 2.05) is 6.20 Å². The van der Waals surface area contributed by atoms with E-state index in [1.54, 1.807) is 0 Å². The summed E-state index contributed by atoms with van der Waals surface area (Å²) in [5, 5.41) is 0. The first-order valence-electron chi connectivity index (χ1n) is 4.94. The average Bonchev–Trinajstić information content (AvgIpc) is 2.41. The lowest BCUT2D eigenvalue weighted by Crippen LogP contribution is -2.06. The summed E-state index contributed by atoms with van der Waals surface area (Å²) in [6, 6.07) is 0. The topological polar surface area (TPSA) is 51.8 Å². The minimum absolute atomic E-state index is 0.500. The van der Waals surface area contributed by atoms with Gasteiger partial charge in [-0.15, -0.1) is 0 Å². The smallest absolute Gasteiger partial charge is 0.0725 e. The molecule has 3 heteroatoms. The van der Waals surface area contributed by atoms with Gasteiger partial charge in [0, 0.05) is 6.54 Å². The quantitative estimate of drug-likeness (QED) is 0.656. The SMILES string of the molecule is NCc1cnc2c(n1)CCCCC2. The van der Waals surface area contributed by atoms with Crippen LogP contribution in [0.2, 0.25) is 0 Å². The van der Waals surface area contributed by atoms with Gasteiger partial charge in [-0.05, 0) is 25.7 Å². The fourth-order valence-corrected chi connectivity index (χ4v) is 1.76. The molecule has 0 atom stereocenters. The third-order valence-corrected chi connectivity index (χ3v) is 2.52. The highest BCUT2D eigenvalue weighted by Gasteiger charge is 2.10. The predicted molar refractivity (Wildman–Crippen MR) is 51.2 cm³/mol. The second kappa shape index (κ2) is 3.83. The van der Waals surface area contributed by atoms with E-state index < -0.39 is 0 Å². The van der Waals surface area contributed by atoms with Crippen molar-refractivity contribution in [2.24, 2.45) is 5.73 Å². The van der Waals surface area contributed by atoms with Crippen molar-refractivity contribution in [1.29, 1.82) is 0 Å². The van der Waals surface area contributed by atoms with Gasteiger partial charge < -0.3 is 5.73 Å². The summed E-state index contributed by atoms with van der Waals surface area (Å²) in [5.41, 5.74) is 8.81. The van der Waals surface area contributed by atoms with Crippen LogP contribution >= 0.6 is 0 Å². The number of aromatic nitrogens is 2. The first kappa shape index (κ1) is 8.63. The maximum absolute atomic E-state index is 5.52. The summed E-state index contributed by atoms with van der Waals surface area (Å²) in [6.07, 6.45) is 7.78. The van der Waals surface area contributed by atoms with Gasteiger partial charge in [0.05, 0.1) is 23.3 Å². The van der Waals surface area contributed by atoms with Crippen LogP contribution in [0.25, 0.3) is 0 Å². The van der Waals surface area contributed by atoms with Crippen molar-refractivity contribution in [1.82, 2.24) is 9.97 Å². The first-order valence-corrected chi connectivity index (χ1v) is 4.94. The van der Waals surface area contributed by atoms with E-state index in [9.17, 15) is 0 Å². The van der Waals surface area contributed by atoms with Gasteiger partial charge in [-0.1, -0.05) is 6.42 Å². The Kier molecular flexibility index (Phi) is 2.54. The molecule has 2 rings (SSSR count). The molecule has 0 saturated carbocycles. The Morgan fingerprint density at radius 2 is 1.92 bits per heavy atom. The fourth-order valence-electron chi connectivity index (χ4n) is 1.76. The molecule has 0 saturated heterocycles. The van der Waals surface area contributed by atoms with Crippen molar-refractivity contribution in [2.45, 2.75) is 38.6 Å². The predicted octanol–water partition coefficient (Wildman–Crippen LogP) is 1.20. The Bertz CT molecular complexity index is 296. The van der Waals surface area contributed by atoms with Crippen molar-refractivity contribution in [3.63, 3.8) is 0 Å². The van der Waals surface area contributed by atoms with Crippen LogP contribution in [0.5, 0.6) is 0 Å². The molecule has 1 heterocycles. The summed E-state index contributed by atoms with van der Waals surface area (Å²) < 4.78 is 0. The van der Waals surface area contributed by atoms with Gasteiger partial charge in [0.2, 0.25) is 0 Å². The summed E-state index contributed by atoms with van der Waals surface area (Å²) in [7, 11) is 0. The molecule has 2 N–H and O–H groups in total. The zero-order valence-corrected chi connectivity index (χ0v) is 7.79. The highest BCUT2D eigenvalue weighted by atomic mass is 14.8. The Balaban J connectivity index is 2.32. The molecular weight excluding hydrogens is 162 g/mol. The van der Waals surface area contributed by atoms with Gasteiger partial charge >= 0.3 is 0 Å².